The first-order valence-electron chi connectivity index (χ1n) is 10.3. The average molecular weight is 449 g/mol. The number of pyridine rings is 1. The molecule has 0 fully saturated rings. The Kier molecular flexibility index (Phi) is 6.34. The summed E-state index contributed by atoms with van der Waals surface area (Å²) in [6.45, 7) is 2.55. The summed E-state index contributed by atoms with van der Waals surface area (Å²) in [5.41, 5.74) is 3.10. The van der Waals surface area contributed by atoms with E-state index in [4.69, 9.17) is 4.74 Å². The number of thiophene rings is 1. The molecule has 1 N–H and O–H groups in total. The molecule has 3 aromatic heterocycles. The number of imidazole rings is 1. The second-order valence-electron chi connectivity index (χ2n) is 7.47. The molecule has 0 radical (unpaired) electrons. The van der Waals surface area contributed by atoms with Gasteiger partial charge < -0.3 is 19.4 Å². The number of hydrogen-bond acceptors (Lipinski definition) is 6. The Hall–Kier alpha value is -3.49. The Morgan fingerprint density at radius 1 is 1.12 bits per heavy atom. The number of carbonyl (C=O) groups is 2. The molecule has 0 unspecified atom stereocenters. The van der Waals surface area contributed by atoms with Gasteiger partial charge in [0.1, 0.15) is 10.6 Å². The number of nitrogens with zero attached hydrogens (tertiary/aromatic N) is 3. The lowest BCUT2D eigenvalue weighted by Crippen LogP contribution is -2.19. The van der Waals surface area contributed by atoms with Crippen LogP contribution in [0.4, 0.5) is 5.00 Å². The summed E-state index contributed by atoms with van der Waals surface area (Å²) in [5, 5.41) is 3.36. The molecule has 0 spiro atoms. The summed E-state index contributed by atoms with van der Waals surface area (Å²) < 4.78 is 7.13. The first-order valence-corrected chi connectivity index (χ1v) is 11.1. The molecule has 0 aliphatic heterocycles. The lowest BCUT2D eigenvalue weighted by molar-refractivity contribution is 0.0528. The smallest absolute Gasteiger partial charge is 0.341 e. The number of ether oxygens (including phenoxy) is 1. The van der Waals surface area contributed by atoms with Crippen LogP contribution < -0.4 is 5.32 Å². The fourth-order valence-corrected chi connectivity index (χ4v) is 4.48. The maximum atomic E-state index is 13.3. The highest BCUT2D eigenvalue weighted by Gasteiger charge is 2.24. The average Bonchev–Trinajstić information content (AvgIpc) is 3.36. The summed E-state index contributed by atoms with van der Waals surface area (Å²) in [6, 6.07) is 17.1. The van der Waals surface area contributed by atoms with Gasteiger partial charge in [-0.15, -0.1) is 11.3 Å². The summed E-state index contributed by atoms with van der Waals surface area (Å²) in [6.07, 6.45) is 1.89. The quantitative estimate of drug-likeness (QED) is 0.420. The van der Waals surface area contributed by atoms with Gasteiger partial charge in [0.05, 0.1) is 17.9 Å². The van der Waals surface area contributed by atoms with Crippen molar-refractivity contribution in [2.24, 2.45) is 0 Å². The highest BCUT2D eigenvalue weighted by Crippen LogP contribution is 2.36. The molecule has 32 heavy (non-hydrogen) atoms. The predicted octanol–water partition coefficient (Wildman–Crippen LogP) is 4.55. The minimum Gasteiger partial charge on any atom is -0.462 e. The maximum absolute atomic E-state index is 13.3. The van der Waals surface area contributed by atoms with E-state index in [1.165, 1.54) is 11.3 Å². The van der Waals surface area contributed by atoms with Gasteiger partial charge in [0.2, 0.25) is 0 Å². The van der Waals surface area contributed by atoms with Gasteiger partial charge in [0.25, 0.3) is 5.91 Å². The predicted molar refractivity (Wildman–Crippen MR) is 126 cm³/mol. The number of esters is 1. The van der Waals surface area contributed by atoms with Crippen molar-refractivity contribution in [1.29, 1.82) is 0 Å². The number of benzene rings is 1. The van der Waals surface area contributed by atoms with E-state index in [1.54, 1.807) is 13.0 Å². The van der Waals surface area contributed by atoms with Crippen molar-refractivity contribution >= 4 is 33.9 Å². The van der Waals surface area contributed by atoms with Crippen LogP contribution in [0.5, 0.6) is 0 Å². The number of rotatable bonds is 7. The van der Waals surface area contributed by atoms with Crippen LogP contribution in [0, 0.1) is 0 Å². The fraction of sp³-hybridized carbons (Fsp3) is 0.208. The van der Waals surface area contributed by atoms with E-state index in [2.05, 4.69) is 10.3 Å². The summed E-state index contributed by atoms with van der Waals surface area (Å²) >= 11 is 1.34. The zero-order chi connectivity index (χ0) is 22.7. The number of aromatic nitrogens is 2. The maximum Gasteiger partial charge on any atom is 0.341 e. The highest BCUT2D eigenvalue weighted by molar-refractivity contribution is 7.20. The second-order valence-corrected chi connectivity index (χ2v) is 8.52. The molecule has 8 heteroatoms. The van der Waals surface area contributed by atoms with Crippen LogP contribution in [0.25, 0.3) is 16.1 Å². The van der Waals surface area contributed by atoms with E-state index in [-0.39, 0.29) is 12.5 Å². The topological polar surface area (TPSA) is 75.9 Å². The van der Waals surface area contributed by atoms with Gasteiger partial charge in [-0.05, 0) is 44.8 Å². The molecule has 7 nitrogen and oxygen atoms in total. The van der Waals surface area contributed by atoms with Gasteiger partial charge >= 0.3 is 5.97 Å². The Morgan fingerprint density at radius 3 is 2.59 bits per heavy atom. The molecule has 4 rings (SSSR count). The number of hydrogen-bond donors (Lipinski definition) is 1. The fourth-order valence-electron chi connectivity index (χ4n) is 3.43. The van der Waals surface area contributed by atoms with Crippen LogP contribution >= 0.6 is 11.3 Å². The van der Waals surface area contributed by atoms with E-state index in [0.29, 0.717) is 28.5 Å². The van der Waals surface area contributed by atoms with Crippen LogP contribution in [-0.2, 0) is 11.3 Å². The van der Waals surface area contributed by atoms with Gasteiger partial charge in [0, 0.05) is 17.6 Å². The molecule has 0 saturated carbocycles. The minimum absolute atomic E-state index is 0.252. The Bertz CT molecular complexity index is 1260. The summed E-state index contributed by atoms with van der Waals surface area (Å²) in [7, 11) is 3.88. The van der Waals surface area contributed by atoms with Gasteiger partial charge in [-0.25, -0.2) is 9.78 Å². The van der Waals surface area contributed by atoms with Gasteiger partial charge in [0.15, 0.2) is 5.69 Å². The number of fused-ring (bicyclic) bond motifs is 1. The summed E-state index contributed by atoms with van der Waals surface area (Å²) in [5.74, 6) is -0.831. The molecule has 0 bridgehead atoms. The lowest BCUT2D eigenvalue weighted by atomic mass is 10.1. The molecular weight excluding hydrogens is 424 g/mol. The molecule has 0 saturated heterocycles. The van der Waals surface area contributed by atoms with Crippen LogP contribution in [0.15, 0.2) is 60.8 Å². The van der Waals surface area contributed by atoms with E-state index in [0.717, 1.165) is 16.1 Å². The number of anilines is 1. The molecule has 0 aliphatic rings. The Labute approximate surface area is 190 Å². The second kappa shape index (κ2) is 9.33. The molecule has 164 valence electrons. The SMILES string of the molecule is CCOC(=O)c1cc(-c2ccccc2)sc1NC(=O)c1nc2ccccn2c1CN(C)C. The van der Waals surface area contributed by atoms with Crippen molar-refractivity contribution in [2.75, 3.05) is 26.0 Å². The van der Waals surface area contributed by atoms with Gasteiger partial charge in [-0.2, -0.15) is 0 Å². The van der Waals surface area contributed by atoms with Crippen LogP contribution in [0.3, 0.4) is 0 Å². The minimum atomic E-state index is -0.468. The molecule has 3 heterocycles. The third-order valence-corrected chi connectivity index (χ3v) is 5.92. The number of nitrogens with one attached hydrogen (secondary N) is 1. The van der Waals surface area contributed by atoms with Crippen molar-refractivity contribution in [2.45, 2.75) is 13.5 Å². The van der Waals surface area contributed by atoms with E-state index in [1.807, 2.05) is 78.1 Å². The van der Waals surface area contributed by atoms with Crippen molar-refractivity contribution in [3.05, 3.63) is 77.7 Å². The third-order valence-electron chi connectivity index (χ3n) is 4.82. The lowest BCUT2D eigenvalue weighted by Gasteiger charge is -2.11. The van der Waals surface area contributed by atoms with Crippen LogP contribution in [0.2, 0.25) is 0 Å². The Morgan fingerprint density at radius 2 is 1.88 bits per heavy atom. The van der Waals surface area contributed by atoms with Gasteiger partial charge in [-0.3, -0.25) is 4.79 Å². The molecule has 0 aliphatic carbocycles. The summed E-state index contributed by atoms with van der Waals surface area (Å²) in [4.78, 5) is 33.3. The van der Waals surface area contributed by atoms with E-state index in [9.17, 15) is 9.59 Å². The Balaban J connectivity index is 1.73. The van der Waals surface area contributed by atoms with Crippen molar-refractivity contribution in [3.8, 4) is 10.4 Å². The molecule has 4 aromatic rings. The third kappa shape index (κ3) is 4.42. The van der Waals surface area contributed by atoms with E-state index < -0.39 is 5.97 Å². The van der Waals surface area contributed by atoms with Crippen molar-refractivity contribution in [1.82, 2.24) is 14.3 Å². The first kappa shape index (κ1) is 21.7. The monoisotopic (exact) mass is 448 g/mol. The van der Waals surface area contributed by atoms with Crippen molar-refractivity contribution < 1.29 is 14.3 Å². The molecular formula is C24H24N4O3S. The highest BCUT2D eigenvalue weighted by atomic mass is 32.1. The van der Waals surface area contributed by atoms with Crippen LogP contribution in [0.1, 0.15) is 33.5 Å². The zero-order valence-electron chi connectivity index (χ0n) is 18.2. The molecule has 0 atom stereocenters. The standard InChI is InChI=1S/C24H24N4O3S/c1-4-31-24(30)17-14-19(16-10-6-5-7-11-16)32-23(17)26-22(29)21-18(15-27(2)3)28-13-9-8-12-20(28)25-21/h5-14H,4,15H2,1-3H3,(H,26,29). The molecule has 1 aromatic carbocycles. The largest absolute Gasteiger partial charge is 0.462 e. The van der Waals surface area contributed by atoms with Crippen molar-refractivity contribution in [3.63, 3.8) is 0 Å². The first-order chi connectivity index (χ1) is 15.5. The number of amides is 1. The zero-order valence-corrected chi connectivity index (χ0v) is 19.0. The normalized spacial score (nSPS) is 11.1. The molecule has 1 amide bonds. The van der Waals surface area contributed by atoms with Crippen LogP contribution in [-0.4, -0.2) is 46.9 Å². The number of carbonyl (C=O) groups excluding carboxylic acids is 2. The van der Waals surface area contributed by atoms with E-state index >= 15 is 0 Å². The van der Waals surface area contributed by atoms with Gasteiger partial charge in [-0.1, -0.05) is 36.4 Å².